The van der Waals surface area contributed by atoms with Crippen molar-refractivity contribution in [1.29, 1.82) is 0 Å². The monoisotopic (exact) mass is 932 g/mol. The fourth-order valence-corrected chi connectivity index (χ4v) is 4.44. The van der Waals surface area contributed by atoms with Gasteiger partial charge in [-0.2, -0.15) is 136 Å². The molecule has 0 saturated heterocycles. The van der Waals surface area contributed by atoms with Crippen LogP contribution < -0.4 is 0 Å². The maximum Gasteiger partial charge on any atom is 0.460 e. The van der Waals surface area contributed by atoms with Gasteiger partial charge in [0.1, 0.15) is 0 Å². The summed E-state index contributed by atoms with van der Waals surface area (Å²) in [5.41, 5.74) is -7.29. The Labute approximate surface area is 275 Å². The molecule has 0 spiro atoms. The van der Waals surface area contributed by atoms with Crippen LogP contribution >= 0.6 is 22.2 Å². The summed E-state index contributed by atoms with van der Waals surface area (Å²) in [6.45, 7) is -7.36. The molecule has 0 amide bonds. The number of halogens is 35. The van der Waals surface area contributed by atoms with Gasteiger partial charge in [0.15, 0.2) is 0 Å². The van der Waals surface area contributed by atoms with Crippen LogP contribution in [0.2, 0.25) is 6.55 Å². The van der Waals surface area contributed by atoms with Crippen LogP contribution in [0, 0.1) is 0 Å². The van der Waals surface area contributed by atoms with Crippen molar-refractivity contribution in [2.45, 2.75) is 101 Å². The van der Waals surface area contributed by atoms with E-state index in [-0.39, 0.29) is 0 Å². The summed E-state index contributed by atoms with van der Waals surface area (Å²) in [5.74, 6) is -136. The van der Waals surface area contributed by atoms with Crippen LogP contribution in [-0.4, -0.2) is 101 Å². The fourth-order valence-electron chi connectivity index (χ4n) is 3.02. The smallest absolute Gasteiger partial charge is 0.201 e. The predicted octanol–water partition coefficient (Wildman–Crippen LogP) is 12.2. The van der Waals surface area contributed by atoms with Crippen molar-refractivity contribution in [3.8, 4) is 0 Å². The first-order chi connectivity index (χ1) is 22.0. The van der Waals surface area contributed by atoms with Crippen LogP contribution in [0.4, 0.5) is 145 Å². The van der Waals surface area contributed by atoms with E-state index in [9.17, 15) is 145 Å². The van der Waals surface area contributed by atoms with Gasteiger partial charge in [0.05, 0.1) is 0 Å². The SMILES string of the molecule is C[Si](Cl)(Cl)C(F)(F)C(F)(F)C(F)(F)C(F)(F)C(F)(F)C(F)(F)C(F)(F)C(F)(F)C(F)(F)C(F)(F)C(F)(F)C(F)(F)C(F)(F)C(F)(F)C(F)(F)C(F)(F)F. The van der Waals surface area contributed by atoms with E-state index in [0.29, 0.717) is 0 Å². The van der Waals surface area contributed by atoms with Crippen LogP contribution in [0.15, 0.2) is 0 Å². The second-order valence-corrected chi connectivity index (χ2v) is 17.5. The number of hydrogen-bond acceptors (Lipinski definition) is 0. The number of rotatable bonds is 15. The highest BCUT2D eigenvalue weighted by molar-refractivity contribution is 7.46. The molecule has 36 heteroatoms. The predicted molar refractivity (Wildman–Crippen MR) is 104 cm³/mol. The zero-order valence-corrected chi connectivity index (χ0v) is 25.2. The van der Waals surface area contributed by atoms with Crippen molar-refractivity contribution in [1.82, 2.24) is 0 Å². The molecular weight excluding hydrogens is 930 g/mol. The molecule has 0 heterocycles. The van der Waals surface area contributed by atoms with Gasteiger partial charge in [0.25, 0.3) is 0 Å². The molecule has 0 rings (SSSR count). The summed E-state index contributed by atoms with van der Waals surface area (Å²) < 4.78 is 445. The third-order valence-corrected chi connectivity index (χ3v) is 9.27. The Kier molecular flexibility index (Phi) is 11.9. The van der Waals surface area contributed by atoms with Gasteiger partial charge in [0.2, 0.25) is 0 Å². The Morgan fingerprint density at radius 2 is 0.340 bits per heavy atom. The second kappa shape index (κ2) is 12.2. The average Bonchev–Trinajstić information content (AvgIpc) is 2.89. The fraction of sp³-hybridized carbons (Fsp3) is 1.00. The molecule has 0 unspecified atom stereocenters. The lowest BCUT2D eigenvalue weighted by molar-refractivity contribution is -0.490. The summed E-state index contributed by atoms with van der Waals surface area (Å²) in [6.07, 6.45) is -8.39. The van der Waals surface area contributed by atoms with E-state index in [1.807, 2.05) is 0 Å². The number of hydrogen-bond donors (Lipinski definition) is 0. The van der Waals surface area contributed by atoms with Crippen molar-refractivity contribution in [3.05, 3.63) is 0 Å². The molecule has 0 atom stereocenters. The molecule has 0 aromatic heterocycles. The largest absolute Gasteiger partial charge is 0.460 e. The Balaban J connectivity index is 7.78. The van der Waals surface area contributed by atoms with Crippen LogP contribution in [0.25, 0.3) is 0 Å². The molecule has 53 heavy (non-hydrogen) atoms. The van der Waals surface area contributed by atoms with E-state index in [2.05, 4.69) is 22.2 Å². The van der Waals surface area contributed by atoms with Gasteiger partial charge in [-0.25, -0.2) is 8.78 Å². The van der Waals surface area contributed by atoms with Crippen molar-refractivity contribution < 1.29 is 145 Å². The number of alkyl halides is 33. The maximum absolute atomic E-state index is 13.9. The molecule has 0 aromatic rings. The zero-order chi connectivity index (χ0) is 44.5. The Morgan fingerprint density at radius 1 is 0.226 bits per heavy atom. The molecule has 0 radical (unpaired) electrons. The molecule has 0 N–H and O–H groups in total. The highest BCUT2D eigenvalue weighted by Gasteiger charge is 3.02. The lowest BCUT2D eigenvalue weighted by Crippen LogP contribution is -2.80. The first-order valence-corrected chi connectivity index (χ1v) is 15.6. The van der Waals surface area contributed by atoms with Crippen molar-refractivity contribution in [2.75, 3.05) is 0 Å². The normalized spacial score (nSPS) is 17.4. The highest BCUT2D eigenvalue weighted by Crippen LogP contribution is 2.70. The maximum atomic E-state index is 13.9. The Bertz CT molecular complexity index is 1250. The standard InChI is InChI=1S/C17H3Cl2F33Si/c1-53(18,19)17(51,52)15(46,47)13(42,43)11(38,39)9(34,35)7(30,31)5(26,27)3(22,23)2(20,21)4(24,25)6(28,29)8(32,33)10(36,37)12(40,41)14(44,45)16(48,49)50/h1H3. The minimum absolute atomic E-state index is 0.694. The van der Waals surface area contributed by atoms with E-state index in [0.717, 1.165) is 0 Å². The molecule has 0 aliphatic heterocycles. The molecule has 0 saturated carbocycles. The minimum atomic E-state index is -10.2. The summed E-state index contributed by atoms with van der Waals surface area (Å²) in [7, 11) is 0. The van der Waals surface area contributed by atoms with Crippen molar-refractivity contribution in [2.24, 2.45) is 0 Å². The first-order valence-electron chi connectivity index (χ1n) is 11.1. The quantitative estimate of drug-likeness (QED) is 0.0872. The van der Waals surface area contributed by atoms with Crippen molar-refractivity contribution >= 4 is 28.9 Å². The van der Waals surface area contributed by atoms with Crippen LogP contribution in [-0.2, 0) is 0 Å². The third-order valence-electron chi connectivity index (χ3n) is 6.43. The molecule has 0 bridgehead atoms. The Morgan fingerprint density at radius 3 is 0.453 bits per heavy atom. The van der Waals surface area contributed by atoms with E-state index in [4.69, 9.17) is 0 Å². The van der Waals surface area contributed by atoms with E-state index < -0.39 is 108 Å². The summed E-state index contributed by atoms with van der Waals surface area (Å²) >= 11 is 8.71. The van der Waals surface area contributed by atoms with Gasteiger partial charge >= 0.3 is 101 Å². The first kappa shape index (κ1) is 51.5. The van der Waals surface area contributed by atoms with Gasteiger partial charge in [0, 0.05) is 0 Å². The lowest BCUT2D eigenvalue weighted by atomic mass is 9.83. The summed E-state index contributed by atoms with van der Waals surface area (Å²) in [4.78, 5) is 0. The molecule has 320 valence electrons. The average molecular weight is 933 g/mol. The van der Waals surface area contributed by atoms with Crippen LogP contribution in [0.3, 0.4) is 0 Å². The molecule has 0 fully saturated rings. The molecular formula is C17H3Cl2F33Si. The highest BCUT2D eigenvalue weighted by atomic mass is 35.7. The molecule has 0 nitrogen and oxygen atoms in total. The second-order valence-electron chi connectivity index (χ2n) is 10.0. The third kappa shape index (κ3) is 5.85. The minimum Gasteiger partial charge on any atom is -0.201 e. The van der Waals surface area contributed by atoms with Gasteiger partial charge in [-0.3, -0.25) is 0 Å². The van der Waals surface area contributed by atoms with Gasteiger partial charge < -0.3 is 0 Å². The van der Waals surface area contributed by atoms with E-state index in [1.165, 1.54) is 0 Å². The topological polar surface area (TPSA) is 0 Å². The van der Waals surface area contributed by atoms with Gasteiger partial charge in [-0.05, 0) is 6.55 Å². The van der Waals surface area contributed by atoms with Crippen molar-refractivity contribution in [3.63, 3.8) is 0 Å². The summed E-state index contributed by atoms with van der Waals surface area (Å²) in [6, 6.07) is 0. The van der Waals surface area contributed by atoms with Gasteiger partial charge in [-0.15, -0.1) is 22.2 Å². The van der Waals surface area contributed by atoms with Crippen LogP contribution in [0.5, 0.6) is 0 Å². The van der Waals surface area contributed by atoms with Gasteiger partial charge in [-0.1, -0.05) is 0 Å². The Hall–Kier alpha value is -1.51. The molecule has 0 aliphatic carbocycles. The van der Waals surface area contributed by atoms with E-state index >= 15 is 0 Å². The molecule has 0 aromatic carbocycles. The zero-order valence-electron chi connectivity index (χ0n) is 22.7. The molecule has 0 aliphatic rings. The van der Waals surface area contributed by atoms with Crippen LogP contribution in [0.1, 0.15) is 0 Å². The van der Waals surface area contributed by atoms with E-state index in [1.54, 1.807) is 0 Å². The summed E-state index contributed by atoms with van der Waals surface area (Å²) in [5, 5.41) is 0. The lowest BCUT2D eigenvalue weighted by Gasteiger charge is -2.47.